The van der Waals surface area contributed by atoms with Gasteiger partial charge in [-0.05, 0) is 24.3 Å². The molecular formula is C17H11Cl2N3O2S2. The molecule has 1 aromatic carbocycles. The Kier molecular flexibility index (Phi) is 5.49. The fourth-order valence-electron chi connectivity index (χ4n) is 2.32. The van der Waals surface area contributed by atoms with Crippen molar-refractivity contribution in [3.8, 4) is 12.3 Å². The molecule has 0 saturated carbocycles. The summed E-state index contributed by atoms with van der Waals surface area (Å²) in [5, 5.41) is 2.72. The van der Waals surface area contributed by atoms with E-state index in [1.807, 2.05) is 12.1 Å². The number of carbonyl (C=O) groups excluding carboxylic acids is 2. The molecule has 0 aliphatic heterocycles. The number of nitrogens with zero attached hydrogens (tertiary/aromatic N) is 2. The third-order valence-electron chi connectivity index (χ3n) is 3.34. The SMILES string of the molecule is C#CCn1c(=NC(=O)c2cc(Cl)sc2Cl)sc2cc(NC(C)=O)ccc21. The molecule has 0 atom stereocenters. The van der Waals surface area contributed by atoms with Crippen LogP contribution in [0.3, 0.4) is 0 Å². The van der Waals surface area contributed by atoms with Gasteiger partial charge in [-0.1, -0.05) is 40.5 Å². The molecule has 3 aromatic rings. The van der Waals surface area contributed by atoms with Gasteiger partial charge in [-0.25, -0.2) is 0 Å². The van der Waals surface area contributed by atoms with Gasteiger partial charge in [0.1, 0.15) is 4.34 Å². The van der Waals surface area contributed by atoms with E-state index in [1.165, 1.54) is 24.3 Å². The second-order valence-electron chi connectivity index (χ2n) is 5.19. The number of benzene rings is 1. The zero-order valence-corrected chi connectivity index (χ0v) is 16.5. The van der Waals surface area contributed by atoms with E-state index in [4.69, 9.17) is 29.6 Å². The van der Waals surface area contributed by atoms with Gasteiger partial charge in [0.25, 0.3) is 5.91 Å². The summed E-state index contributed by atoms with van der Waals surface area (Å²) >= 11 is 14.3. The van der Waals surface area contributed by atoms with Crippen molar-refractivity contribution in [2.75, 3.05) is 5.32 Å². The third-order valence-corrected chi connectivity index (χ3v) is 5.87. The molecule has 2 aromatic heterocycles. The largest absolute Gasteiger partial charge is 0.326 e. The minimum atomic E-state index is -0.488. The maximum atomic E-state index is 12.5. The molecule has 5 nitrogen and oxygen atoms in total. The summed E-state index contributed by atoms with van der Waals surface area (Å²) in [7, 11) is 0. The molecule has 0 radical (unpaired) electrons. The molecule has 2 amide bonds. The molecule has 0 spiro atoms. The highest BCUT2D eigenvalue weighted by Gasteiger charge is 2.15. The first-order valence-electron chi connectivity index (χ1n) is 7.27. The Balaban J connectivity index is 2.13. The zero-order chi connectivity index (χ0) is 18.8. The van der Waals surface area contributed by atoms with Gasteiger partial charge in [0.15, 0.2) is 4.80 Å². The van der Waals surface area contributed by atoms with Crippen molar-refractivity contribution in [3.63, 3.8) is 0 Å². The van der Waals surface area contributed by atoms with Crippen LogP contribution in [-0.2, 0) is 11.3 Å². The van der Waals surface area contributed by atoms with Crippen molar-refractivity contribution in [1.29, 1.82) is 0 Å². The number of carbonyl (C=O) groups is 2. The van der Waals surface area contributed by atoms with Crippen LogP contribution < -0.4 is 10.1 Å². The molecule has 0 aliphatic rings. The van der Waals surface area contributed by atoms with Gasteiger partial charge in [0.2, 0.25) is 5.91 Å². The van der Waals surface area contributed by atoms with Crippen molar-refractivity contribution in [1.82, 2.24) is 4.57 Å². The Bertz CT molecular complexity index is 1140. The molecule has 0 aliphatic carbocycles. The van der Waals surface area contributed by atoms with Gasteiger partial charge in [-0.3, -0.25) is 9.59 Å². The van der Waals surface area contributed by atoms with Crippen LogP contribution in [0.25, 0.3) is 10.2 Å². The predicted molar refractivity (Wildman–Crippen MR) is 107 cm³/mol. The summed E-state index contributed by atoms with van der Waals surface area (Å²) in [5.41, 5.74) is 1.73. The monoisotopic (exact) mass is 423 g/mol. The highest BCUT2D eigenvalue weighted by molar-refractivity contribution is 7.20. The zero-order valence-electron chi connectivity index (χ0n) is 13.4. The Hall–Kier alpha value is -2.11. The van der Waals surface area contributed by atoms with E-state index >= 15 is 0 Å². The number of halogens is 2. The summed E-state index contributed by atoms with van der Waals surface area (Å²) in [6.45, 7) is 1.69. The number of terminal acetylenes is 1. The average molecular weight is 424 g/mol. The van der Waals surface area contributed by atoms with Crippen LogP contribution in [0, 0.1) is 12.3 Å². The first kappa shape index (κ1) is 18.7. The van der Waals surface area contributed by atoms with Crippen LogP contribution >= 0.6 is 45.9 Å². The van der Waals surface area contributed by atoms with E-state index in [1.54, 1.807) is 10.6 Å². The van der Waals surface area contributed by atoms with Gasteiger partial charge in [0, 0.05) is 12.6 Å². The van der Waals surface area contributed by atoms with E-state index in [0.717, 1.165) is 21.6 Å². The first-order chi connectivity index (χ1) is 12.4. The molecule has 3 rings (SSSR count). The second kappa shape index (κ2) is 7.64. The summed E-state index contributed by atoms with van der Waals surface area (Å²) < 4.78 is 3.31. The molecule has 0 saturated heterocycles. The minimum Gasteiger partial charge on any atom is -0.326 e. The summed E-state index contributed by atoms with van der Waals surface area (Å²) in [5.74, 6) is 1.91. The quantitative estimate of drug-likeness (QED) is 0.634. The van der Waals surface area contributed by atoms with Crippen molar-refractivity contribution >= 4 is 73.6 Å². The van der Waals surface area contributed by atoms with Crippen LogP contribution in [0.1, 0.15) is 17.3 Å². The number of rotatable bonds is 3. The van der Waals surface area contributed by atoms with Crippen molar-refractivity contribution in [3.05, 3.63) is 43.3 Å². The van der Waals surface area contributed by atoms with E-state index in [9.17, 15) is 9.59 Å². The standard InChI is InChI=1S/C17H11Cl2N3O2S2/c1-3-6-22-12-5-4-10(20-9(2)23)7-13(12)25-17(22)21-16(24)11-8-14(18)26-15(11)19/h1,4-5,7-8H,6H2,2H3,(H,20,23). The van der Waals surface area contributed by atoms with Crippen LogP contribution in [0.15, 0.2) is 29.3 Å². The Morgan fingerprint density at radius 3 is 2.69 bits per heavy atom. The van der Waals surface area contributed by atoms with Crippen LogP contribution in [0.2, 0.25) is 8.67 Å². The number of thiophene rings is 1. The van der Waals surface area contributed by atoms with E-state index in [2.05, 4.69) is 16.2 Å². The molecular weight excluding hydrogens is 413 g/mol. The molecule has 0 bridgehead atoms. The highest BCUT2D eigenvalue weighted by Crippen LogP contribution is 2.31. The average Bonchev–Trinajstić information content (AvgIpc) is 3.06. The van der Waals surface area contributed by atoms with Gasteiger partial charge in [-0.2, -0.15) is 4.99 Å². The lowest BCUT2D eigenvalue weighted by atomic mass is 10.3. The number of aromatic nitrogens is 1. The minimum absolute atomic E-state index is 0.165. The number of anilines is 1. The first-order valence-corrected chi connectivity index (χ1v) is 9.66. The lowest BCUT2D eigenvalue weighted by molar-refractivity contribution is -0.114. The summed E-state index contributed by atoms with van der Waals surface area (Å²) in [6, 6.07) is 6.90. The maximum Gasteiger partial charge on any atom is 0.282 e. The lowest BCUT2D eigenvalue weighted by Crippen LogP contribution is -2.16. The van der Waals surface area contributed by atoms with Gasteiger partial charge >= 0.3 is 0 Å². The number of hydrogen-bond donors (Lipinski definition) is 1. The fraction of sp³-hybridized carbons (Fsp3) is 0.118. The van der Waals surface area contributed by atoms with Crippen LogP contribution in [0.4, 0.5) is 5.69 Å². The van der Waals surface area contributed by atoms with Crippen molar-refractivity contribution < 1.29 is 9.59 Å². The predicted octanol–water partition coefficient (Wildman–Crippen LogP) is 4.40. The van der Waals surface area contributed by atoms with Crippen LogP contribution in [-0.4, -0.2) is 16.4 Å². The van der Waals surface area contributed by atoms with Gasteiger partial charge < -0.3 is 9.88 Å². The highest BCUT2D eigenvalue weighted by atomic mass is 35.5. The molecule has 1 N–H and O–H groups in total. The van der Waals surface area contributed by atoms with E-state index < -0.39 is 5.91 Å². The van der Waals surface area contributed by atoms with E-state index in [0.29, 0.717) is 19.2 Å². The van der Waals surface area contributed by atoms with E-state index in [-0.39, 0.29) is 18.0 Å². The number of hydrogen-bond acceptors (Lipinski definition) is 4. The Morgan fingerprint density at radius 1 is 1.31 bits per heavy atom. The van der Waals surface area contributed by atoms with Crippen LogP contribution in [0.5, 0.6) is 0 Å². The van der Waals surface area contributed by atoms with Crippen molar-refractivity contribution in [2.24, 2.45) is 4.99 Å². The number of fused-ring (bicyclic) bond motifs is 1. The number of amides is 2. The third kappa shape index (κ3) is 3.84. The topological polar surface area (TPSA) is 63.5 Å². The molecule has 132 valence electrons. The number of thiazole rings is 1. The molecule has 0 unspecified atom stereocenters. The maximum absolute atomic E-state index is 12.5. The smallest absolute Gasteiger partial charge is 0.282 e. The van der Waals surface area contributed by atoms with Gasteiger partial charge in [0.05, 0.1) is 26.7 Å². The molecule has 2 heterocycles. The molecule has 9 heteroatoms. The summed E-state index contributed by atoms with van der Waals surface area (Å²) in [6.07, 6.45) is 5.46. The fourth-order valence-corrected chi connectivity index (χ4v) is 4.83. The second-order valence-corrected chi connectivity index (χ2v) is 8.49. The van der Waals surface area contributed by atoms with Gasteiger partial charge in [-0.15, -0.1) is 17.8 Å². The normalized spacial score (nSPS) is 11.5. The lowest BCUT2D eigenvalue weighted by Gasteiger charge is -2.03. The van der Waals surface area contributed by atoms with Crippen molar-refractivity contribution in [2.45, 2.75) is 13.5 Å². The number of nitrogens with one attached hydrogen (secondary N) is 1. The molecule has 0 fully saturated rings. The summed E-state index contributed by atoms with van der Waals surface area (Å²) in [4.78, 5) is 28.3. The molecule has 26 heavy (non-hydrogen) atoms. The Morgan fingerprint density at radius 2 is 2.08 bits per heavy atom. The Labute approximate surface area is 166 Å².